The number of rotatable bonds is 2. The van der Waals surface area contributed by atoms with Crippen LogP contribution in [0.4, 0.5) is 5.69 Å². The van der Waals surface area contributed by atoms with E-state index in [4.69, 9.17) is 10.5 Å². The first-order chi connectivity index (χ1) is 9.27. The highest BCUT2D eigenvalue weighted by Gasteiger charge is 2.19. The van der Waals surface area contributed by atoms with Gasteiger partial charge in [0.05, 0.1) is 11.4 Å². The number of nitrogens with two attached hydrogens (primary N) is 1. The third-order valence-corrected chi connectivity index (χ3v) is 3.26. The second-order valence-electron chi connectivity index (χ2n) is 6.18. The molecular formula is C17H22N2O. The van der Waals surface area contributed by atoms with Gasteiger partial charge in [0.25, 0.3) is 0 Å². The van der Waals surface area contributed by atoms with E-state index in [1.165, 1.54) is 11.1 Å². The number of anilines is 1. The molecule has 20 heavy (non-hydrogen) atoms. The molecule has 1 heterocycles. The molecule has 0 amide bonds. The summed E-state index contributed by atoms with van der Waals surface area (Å²) in [4.78, 5) is 4.37. The maximum absolute atomic E-state index is 5.99. The van der Waals surface area contributed by atoms with Gasteiger partial charge in [-0.1, -0.05) is 32.9 Å². The molecule has 0 radical (unpaired) electrons. The molecule has 0 saturated heterocycles. The number of ether oxygens (including phenoxy) is 1. The van der Waals surface area contributed by atoms with E-state index in [0.717, 1.165) is 11.4 Å². The first-order valence-electron chi connectivity index (χ1n) is 6.79. The topological polar surface area (TPSA) is 48.1 Å². The molecule has 0 aliphatic carbocycles. The molecule has 3 heteroatoms. The highest BCUT2D eigenvalue weighted by atomic mass is 16.5. The average Bonchev–Trinajstić information content (AvgIpc) is 2.32. The zero-order chi connectivity index (χ0) is 14.9. The molecule has 1 aromatic heterocycles. The zero-order valence-corrected chi connectivity index (χ0v) is 12.8. The molecule has 0 unspecified atom stereocenters. The molecule has 0 bridgehead atoms. The third-order valence-electron chi connectivity index (χ3n) is 3.26. The number of hydrogen-bond donors (Lipinski definition) is 1. The van der Waals surface area contributed by atoms with Gasteiger partial charge in [0, 0.05) is 11.6 Å². The SMILES string of the molecule is Cc1ccc(C(C)(C)C)c(Oc2ccc(N)c(C)n2)c1. The predicted molar refractivity (Wildman–Crippen MR) is 83.3 cm³/mol. The smallest absolute Gasteiger partial charge is 0.219 e. The fraction of sp³-hybridized carbons (Fsp3) is 0.353. The summed E-state index contributed by atoms with van der Waals surface area (Å²) in [5.74, 6) is 1.43. The van der Waals surface area contributed by atoms with Gasteiger partial charge in [-0.25, -0.2) is 4.98 Å². The number of hydrogen-bond acceptors (Lipinski definition) is 3. The van der Waals surface area contributed by atoms with Gasteiger partial charge in [0.1, 0.15) is 5.75 Å². The fourth-order valence-electron chi connectivity index (χ4n) is 2.05. The van der Waals surface area contributed by atoms with Crippen LogP contribution in [0.25, 0.3) is 0 Å². The second kappa shape index (κ2) is 5.16. The van der Waals surface area contributed by atoms with Gasteiger partial charge < -0.3 is 10.5 Å². The Morgan fingerprint density at radius 2 is 1.75 bits per heavy atom. The molecule has 3 nitrogen and oxygen atoms in total. The largest absolute Gasteiger partial charge is 0.439 e. The Kier molecular flexibility index (Phi) is 3.71. The Labute approximate surface area is 120 Å². The lowest BCUT2D eigenvalue weighted by Crippen LogP contribution is -2.12. The summed E-state index contributed by atoms with van der Waals surface area (Å²) in [5, 5.41) is 0. The predicted octanol–water partition coefficient (Wildman–Crippen LogP) is 4.37. The van der Waals surface area contributed by atoms with Crippen molar-refractivity contribution in [3.05, 3.63) is 47.2 Å². The molecule has 0 fully saturated rings. The maximum Gasteiger partial charge on any atom is 0.219 e. The molecule has 2 N–H and O–H groups in total. The van der Waals surface area contributed by atoms with E-state index in [9.17, 15) is 0 Å². The quantitative estimate of drug-likeness (QED) is 0.881. The Balaban J connectivity index is 2.42. The van der Waals surface area contributed by atoms with Crippen LogP contribution in [0.15, 0.2) is 30.3 Å². The van der Waals surface area contributed by atoms with Crippen molar-refractivity contribution in [3.8, 4) is 11.6 Å². The van der Waals surface area contributed by atoms with Crippen LogP contribution in [0.3, 0.4) is 0 Å². The van der Waals surface area contributed by atoms with Crippen LogP contribution in [0.2, 0.25) is 0 Å². The lowest BCUT2D eigenvalue weighted by Gasteiger charge is -2.23. The Morgan fingerprint density at radius 1 is 1.05 bits per heavy atom. The summed E-state index contributed by atoms with van der Waals surface area (Å²) >= 11 is 0. The molecule has 1 aromatic carbocycles. The molecule has 2 aromatic rings. The van der Waals surface area contributed by atoms with E-state index in [-0.39, 0.29) is 5.41 Å². The van der Waals surface area contributed by atoms with Gasteiger partial charge in [-0.3, -0.25) is 0 Å². The van der Waals surface area contributed by atoms with Crippen molar-refractivity contribution in [1.29, 1.82) is 0 Å². The second-order valence-corrected chi connectivity index (χ2v) is 6.18. The molecule has 2 rings (SSSR count). The Morgan fingerprint density at radius 3 is 2.35 bits per heavy atom. The molecule has 0 aliphatic rings. The van der Waals surface area contributed by atoms with Gasteiger partial charge in [-0.05, 0) is 37.0 Å². The minimum Gasteiger partial charge on any atom is -0.439 e. The molecule has 0 aliphatic heterocycles. The minimum absolute atomic E-state index is 0.0197. The van der Waals surface area contributed by atoms with Crippen LogP contribution >= 0.6 is 0 Å². The van der Waals surface area contributed by atoms with Crippen molar-refractivity contribution >= 4 is 5.69 Å². The Bertz CT molecular complexity index is 627. The number of pyridine rings is 1. The van der Waals surface area contributed by atoms with Crippen molar-refractivity contribution in [2.45, 2.75) is 40.0 Å². The van der Waals surface area contributed by atoms with Crippen LogP contribution in [0.1, 0.15) is 37.6 Å². The van der Waals surface area contributed by atoms with Gasteiger partial charge in [0.15, 0.2) is 0 Å². The zero-order valence-electron chi connectivity index (χ0n) is 12.8. The van der Waals surface area contributed by atoms with E-state index < -0.39 is 0 Å². The molecule has 0 atom stereocenters. The van der Waals surface area contributed by atoms with Crippen LogP contribution in [-0.2, 0) is 5.41 Å². The first kappa shape index (κ1) is 14.4. The molecular weight excluding hydrogens is 248 g/mol. The highest BCUT2D eigenvalue weighted by molar-refractivity contribution is 5.46. The summed E-state index contributed by atoms with van der Waals surface area (Å²) in [7, 11) is 0. The van der Waals surface area contributed by atoms with E-state index in [2.05, 4.69) is 44.8 Å². The number of nitrogen functional groups attached to an aromatic ring is 1. The van der Waals surface area contributed by atoms with Crippen LogP contribution < -0.4 is 10.5 Å². The van der Waals surface area contributed by atoms with Gasteiger partial charge >= 0.3 is 0 Å². The average molecular weight is 270 g/mol. The van der Waals surface area contributed by atoms with E-state index >= 15 is 0 Å². The number of benzene rings is 1. The van der Waals surface area contributed by atoms with Gasteiger partial charge in [-0.15, -0.1) is 0 Å². The number of aryl methyl sites for hydroxylation is 2. The lowest BCUT2D eigenvalue weighted by molar-refractivity contribution is 0.438. The summed E-state index contributed by atoms with van der Waals surface area (Å²) in [6, 6.07) is 9.90. The lowest BCUT2D eigenvalue weighted by atomic mass is 9.86. The van der Waals surface area contributed by atoms with Crippen LogP contribution in [0.5, 0.6) is 11.6 Å². The van der Waals surface area contributed by atoms with Gasteiger partial charge in [0.2, 0.25) is 5.88 Å². The monoisotopic (exact) mass is 270 g/mol. The van der Waals surface area contributed by atoms with Crippen molar-refractivity contribution in [3.63, 3.8) is 0 Å². The summed E-state index contributed by atoms with van der Waals surface area (Å²) in [6.45, 7) is 10.5. The highest BCUT2D eigenvalue weighted by Crippen LogP contribution is 2.34. The molecule has 0 spiro atoms. The summed E-state index contributed by atoms with van der Waals surface area (Å²) < 4.78 is 5.99. The number of aromatic nitrogens is 1. The number of nitrogens with zero attached hydrogens (tertiary/aromatic N) is 1. The first-order valence-corrected chi connectivity index (χ1v) is 6.79. The van der Waals surface area contributed by atoms with Crippen molar-refractivity contribution in [1.82, 2.24) is 4.98 Å². The van der Waals surface area contributed by atoms with Crippen molar-refractivity contribution < 1.29 is 4.74 Å². The van der Waals surface area contributed by atoms with Crippen molar-refractivity contribution in [2.75, 3.05) is 5.73 Å². The Hall–Kier alpha value is -2.03. The molecule has 106 valence electrons. The summed E-state index contributed by atoms with van der Waals surface area (Å²) in [6.07, 6.45) is 0. The van der Waals surface area contributed by atoms with Crippen LogP contribution in [0, 0.1) is 13.8 Å². The van der Waals surface area contributed by atoms with Crippen molar-refractivity contribution in [2.24, 2.45) is 0 Å². The third kappa shape index (κ3) is 3.10. The summed E-state index contributed by atoms with van der Waals surface area (Å²) in [5.41, 5.74) is 9.60. The minimum atomic E-state index is 0.0197. The van der Waals surface area contributed by atoms with E-state index in [1.54, 1.807) is 6.07 Å². The fourth-order valence-corrected chi connectivity index (χ4v) is 2.05. The van der Waals surface area contributed by atoms with E-state index in [1.807, 2.05) is 19.1 Å². The normalized spacial score (nSPS) is 11.4. The maximum atomic E-state index is 5.99. The van der Waals surface area contributed by atoms with Crippen LogP contribution in [-0.4, -0.2) is 4.98 Å². The molecule has 0 saturated carbocycles. The standard InChI is InChI=1S/C17H22N2O/c1-11-6-7-13(17(3,4)5)15(10-11)20-16-9-8-14(18)12(2)19-16/h6-10H,18H2,1-5H3. The van der Waals surface area contributed by atoms with E-state index in [0.29, 0.717) is 11.6 Å². The van der Waals surface area contributed by atoms with Gasteiger partial charge in [-0.2, -0.15) is 0 Å².